The molecule has 0 aliphatic rings. The van der Waals surface area contributed by atoms with Gasteiger partial charge in [0.2, 0.25) is 0 Å². The predicted molar refractivity (Wildman–Crippen MR) is 101 cm³/mol. The number of benzene rings is 1. The Morgan fingerprint density at radius 3 is 2.72 bits per heavy atom. The monoisotopic (exact) mass is 376 g/mol. The Bertz CT molecular complexity index is 997. The number of nitrogens with zero attached hydrogens (tertiary/aromatic N) is 3. The number of anilines is 1. The molecule has 0 fully saturated rings. The smallest absolute Gasteiger partial charge is 0.175 e. The van der Waals surface area contributed by atoms with Crippen LogP contribution in [-0.4, -0.2) is 36.2 Å². The van der Waals surface area contributed by atoms with Crippen molar-refractivity contribution < 1.29 is 8.42 Å². The number of aromatic nitrogens is 3. The van der Waals surface area contributed by atoms with Crippen LogP contribution in [0.25, 0.3) is 10.9 Å². The van der Waals surface area contributed by atoms with Gasteiger partial charge in [0.15, 0.2) is 9.84 Å². The van der Waals surface area contributed by atoms with Crippen LogP contribution < -0.4 is 5.32 Å². The molecule has 6 nitrogen and oxygen atoms in total. The van der Waals surface area contributed by atoms with Crippen molar-refractivity contribution in [3.05, 3.63) is 40.6 Å². The van der Waals surface area contributed by atoms with Gasteiger partial charge in [-0.1, -0.05) is 13.8 Å². The second-order valence-electron chi connectivity index (χ2n) is 6.18. The van der Waals surface area contributed by atoms with Gasteiger partial charge >= 0.3 is 0 Å². The van der Waals surface area contributed by atoms with E-state index in [1.165, 1.54) is 12.6 Å². The van der Waals surface area contributed by atoms with Crippen LogP contribution in [-0.2, 0) is 16.3 Å². The summed E-state index contributed by atoms with van der Waals surface area (Å²) in [5, 5.41) is 7.19. The maximum Gasteiger partial charge on any atom is 0.175 e. The fourth-order valence-electron chi connectivity index (χ4n) is 2.42. The van der Waals surface area contributed by atoms with Gasteiger partial charge in [0.25, 0.3) is 0 Å². The van der Waals surface area contributed by atoms with Crippen LogP contribution >= 0.6 is 11.3 Å². The average Bonchev–Trinajstić information content (AvgIpc) is 3.03. The molecule has 0 radical (unpaired) electrons. The zero-order valence-electron chi connectivity index (χ0n) is 14.4. The number of thiazole rings is 1. The van der Waals surface area contributed by atoms with Crippen LogP contribution in [0, 0.1) is 0 Å². The topological polar surface area (TPSA) is 84.8 Å². The van der Waals surface area contributed by atoms with Crippen LogP contribution in [0.15, 0.2) is 34.8 Å². The molecule has 132 valence electrons. The molecule has 8 heteroatoms. The van der Waals surface area contributed by atoms with Crippen LogP contribution in [0.3, 0.4) is 0 Å². The molecule has 0 aliphatic carbocycles. The summed E-state index contributed by atoms with van der Waals surface area (Å²) < 4.78 is 23.6. The fourth-order valence-corrected chi connectivity index (χ4v) is 3.94. The van der Waals surface area contributed by atoms with Gasteiger partial charge in [-0.15, -0.1) is 11.3 Å². The first-order valence-electron chi connectivity index (χ1n) is 7.97. The fraction of sp³-hybridized carbons (Fsp3) is 0.353. The zero-order chi connectivity index (χ0) is 18.0. The summed E-state index contributed by atoms with van der Waals surface area (Å²) in [7, 11) is -3.27. The predicted octanol–water partition coefficient (Wildman–Crippen LogP) is 3.27. The minimum Gasteiger partial charge on any atom is -0.369 e. The van der Waals surface area contributed by atoms with Crippen LogP contribution in [0.2, 0.25) is 0 Å². The third-order valence-electron chi connectivity index (χ3n) is 3.77. The summed E-state index contributed by atoms with van der Waals surface area (Å²) >= 11 is 1.68. The van der Waals surface area contributed by atoms with Crippen molar-refractivity contribution in [1.29, 1.82) is 0 Å². The molecule has 0 amide bonds. The molecule has 0 aliphatic heterocycles. The van der Waals surface area contributed by atoms with Crippen molar-refractivity contribution in [2.45, 2.75) is 31.1 Å². The SMILES string of the molecule is CC(C)c1nc(CCNc2ncnc3ccc(S(C)(=O)=O)cc23)cs1. The minimum absolute atomic E-state index is 0.263. The van der Waals surface area contributed by atoms with E-state index in [2.05, 4.69) is 39.5 Å². The minimum atomic E-state index is -3.27. The van der Waals surface area contributed by atoms with Gasteiger partial charge in [-0.05, 0) is 18.2 Å². The van der Waals surface area contributed by atoms with Crippen molar-refractivity contribution >= 4 is 37.9 Å². The largest absolute Gasteiger partial charge is 0.369 e. The average molecular weight is 377 g/mol. The molecule has 0 unspecified atom stereocenters. The number of rotatable bonds is 6. The van der Waals surface area contributed by atoms with Crippen molar-refractivity contribution in [2.75, 3.05) is 18.1 Å². The van der Waals surface area contributed by atoms with E-state index < -0.39 is 9.84 Å². The quantitative estimate of drug-likeness (QED) is 0.711. The summed E-state index contributed by atoms with van der Waals surface area (Å²) in [6.07, 6.45) is 3.45. The summed E-state index contributed by atoms with van der Waals surface area (Å²) in [4.78, 5) is 13.3. The van der Waals surface area contributed by atoms with E-state index in [0.29, 0.717) is 29.2 Å². The molecule has 1 N–H and O–H groups in total. The lowest BCUT2D eigenvalue weighted by Crippen LogP contribution is -2.08. The summed E-state index contributed by atoms with van der Waals surface area (Å²) in [6, 6.07) is 4.89. The van der Waals surface area contributed by atoms with Crippen molar-refractivity contribution in [2.24, 2.45) is 0 Å². The number of fused-ring (bicyclic) bond motifs is 1. The number of hydrogen-bond donors (Lipinski definition) is 1. The van der Waals surface area contributed by atoms with Gasteiger partial charge in [-0.25, -0.2) is 23.4 Å². The Morgan fingerprint density at radius 2 is 2.04 bits per heavy atom. The Hall–Kier alpha value is -2.06. The molecule has 2 heterocycles. The lowest BCUT2D eigenvalue weighted by Gasteiger charge is -2.08. The maximum atomic E-state index is 11.8. The Morgan fingerprint density at radius 1 is 1.24 bits per heavy atom. The first-order valence-corrected chi connectivity index (χ1v) is 10.7. The van der Waals surface area contributed by atoms with Crippen molar-refractivity contribution in [3.8, 4) is 0 Å². The van der Waals surface area contributed by atoms with Crippen LogP contribution in [0.5, 0.6) is 0 Å². The highest BCUT2D eigenvalue weighted by molar-refractivity contribution is 7.90. The second-order valence-corrected chi connectivity index (χ2v) is 9.09. The van der Waals surface area contributed by atoms with E-state index in [1.807, 2.05) is 0 Å². The van der Waals surface area contributed by atoms with E-state index in [1.54, 1.807) is 29.5 Å². The number of nitrogens with one attached hydrogen (secondary N) is 1. The molecule has 0 bridgehead atoms. The first kappa shape index (κ1) is 17.8. The van der Waals surface area contributed by atoms with Crippen molar-refractivity contribution in [1.82, 2.24) is 15.0 Å². The lowest BCUT2D eigenvalue weighted by atomic mass is 10.2. The van der Waals surface area contributed by atoms with E-state index in [-0.39, 0.29) is 4.90 Å². The maximum absolute atomic E-state index is 11.8. The molecular weight excluding hydrogens is 356 g/mol. The van der Waals surface area contributed by atoms with Gasteiger partial charge in [0.05, 0.1) is 21.1 Å². The molecule has 0 saturated carbocycles. The van der Waals surface area contributed by atoms with Gasteiger partial charge < -0.3 is 5.32 Å². The second kappa shape index (κ2) is 7.05. The molecular formula is C17H20N4O2S2. The van der Waals surface area contributed by atoms with Gasteiger partial charge in [0.1, 0.15) is 12.1 Å². The van der Waals surface area contributed by atoms with Crippen molar-refractivity contribution in [3.63, 3.8) is 0 Å². The molecule has 3 aromatic rings. The molecule has 1 aromatic carbocycles. The molecule has 25 heavy (non-hydrogen) atoms. The van der Waals surface area contributed by atoms with Gasteiger partial charge in [-0.3, -0.25) is 0 Å². The van der Waals surface area contributed by atoms with E-state index in [9.17, 15) is 8.42 Å². The van der Waals surface area contributed by atoms with Gasteiger partial charge in [0, 0.05) is 35.9 Å². The molecule has 0 atom stereocenters. The van der Waals surface area contributed by atoms with E-state index >= 15 is 0 Å². The highest BCUT2D eigenvalue weighted by Crippen LogP contribution is 2.23. The molecule has 2 aromatic heterocycles. The molecule has 0 saturated heterocycles. The summed E-state index contributed by atoms with van der Waals surface area (Å²) in [5.74, 6) is 1.07. The molecule has 3 rings (SSSR count). The highest BCUT2D eigenvalue weighted by Gasteiger charge is 2.11. The van der Waals surface area contributed by atoms with Gasteiger partial charge in [-0.2, -0.15) is 0 Å². The van der Waals surface area contributed by atoms with Crippen LogP contribution in [0.1, 0.15) is 30.5 Å². The molecule has 0 spiro atoms. The standard InChI is InChI=1S/C17H20N4O2S2/c1-11(2)17-21-12(9-24-17)6-7-18-16-14-8-13(25(3,22)23)4-5-15(14)19-10-20-16/h4-5,8-11H,6-7H2,1-3H3,(H,18,19,20). The number of sulfone groups is 1. The summed E-state index contributed by atoms with van der Waals surface area (Å²) in [5.41, 5.74) is 1.76. The Kier molecular flexibility index (Phi) is 5.01. The van der Waals surface area contributed by atoms with E-state index in [4.69, 9.17) is 0 Å². The first-order chi connectivity index (χ1) is 11.8. The number of hydrogen-bond acceptors (Lipinski definition) is 7. The normalized spacial score (nSPS) is 12.0. The lowest BCUT2D eigenvalue weighted by molar-refractivity contribution is 0.602. The zero-order valence-corrected chi connectivity index (χ0v) is 16.0. The third kappa shape index (κ3) is 4.13. The highest BCUT2D eigenvalue weighted by atomic mass is 32.2. The third-order valence-corrected chi connectivity index (χ3v) is 6.08. The van der Waals surface area contributed by atoms with E-state index in [0.717, 1.165) is 17.1 Å². The Labute approximate surface area is 151 Å². The van der Waals surface area contributed by atoms with Crippen LogP contribution in [0.4, 0.5) is 5.82 Å². The Balaban J connectivity index is 1.78. The summed E-state index contributed by atoms with van der Waals surface area (Å²) in [6.45, 7) is 4.93.